The number of thiophene rings is 1. The highest BCUT2D eigenvalue weighted by atomic mass is 32.1. The number of nitrogens with zero attached hydrogens (tertiary/aromatic N) is 3. The van der Waals surface area contributed by atoms with Gasteiger partial charge in [-0.1, -0.05) is 54.6 Å². The molecule has 0 aliphatic heterocycles. The van der Waals surface area contributed by atoms with Gasteiger partial charge in [0.15, 0.2) is 5.78 Å². The van der Waals surface area contributed by atoms with Crippen LogP contribution in [0.15, 0.2) is 71.8 Å². The monoisotopic (exact) mass is 407 g/mol. The molecule has 0 saturated carbocycles. The van der Waals surface area contributed by atoms with Crippen LogP contribution in [0, 0.1) is 11.3 Å². The second-order valence-corrected chi connectivity index (χ2v) is 8.31. The van der Waals surface area contributed by atoms with Gasteiger partial charge in [-0.05, 0) is 24.6 Å². The molecule has 5 rings (SSSR count). The van der Waals surface area contributed by atoms with Gasteiger partial charge in [-0.2, -0.15) is 5.26 Å². The zero-order valence-electron chi connectivity index (χ0n) is 16.5. The maximum absolute atomic E-state index is 13.1. The van der Waals surface area contributed by atoms with Crippen molar-refractivity contribution in [3.05, 3.63) is 87.8 Å². The third-order valence-corrected chi connectivity index (χ3v) is 6.38. The number of rotatable bonds is 2. The predicted octanol–water partition coefficient (Wildman–Crippen LogP) is 5.88. The Morgan fingerprint density at radius 1 is 1.10 bits per heavy atom. The molecule has 0 atom stereocenters. The number of benzene rings is 2. The zero-order valence-corrected chi connectivity index (χ0v) is 17.3. The Morgan fingerprint density at radius 3 is 2.50 bits per heavy atom. The maximum Gasteiger partial charge on any atom is 0.194 e. The molecule has 0 unspecified atom stereocenters. The van der Waals surface area contributed by atoms with Gasteiger partial charge in [0.2, 0.25) is 0 Å². The minimum Gasteiger partial charge on any atom is -0.326 e. The fraction of sp³-hybridized carbons (Fsp3) is 0.0800. The zero-order chi connectivity index (χ0) is 20.8. The van der Waals surface area contributed by atoms with Crippen LogP contribution in [0.2, 0.25) is 0 Å². The highest BCUT2D eigenvalue weighted by Crippen LogP contribution is 2.41. The van der Waals surface area contributed by atoms with Crippen LogP contribution in [0.1, 0.15) is 27.7 Å². The summed E-state index contributed by atoms with van der Waals surface area (Å²) in [6.07, 6.45) is 1.90. The molecule has 4 nitrogen and oxygen atoms in total. The highest BCUT2D eigenvalue weighted by molar-refractivity contribution is 7.19. The number of nitriles is 1. The lowest BCUT2D eigenvalue weighted by atomic mass is 9.99. The lowest BCUT2D eigenvalue weighted by molar-refractivity contribution is 0.104. The Labute approximate surface area is 178 Å². The van der Waals surface area contributed by atoms with E-state index in [1.54, 1.807) is 18.3 Å². The molecule has 0 spiro atoms. The van der Waals surface area contributed by atoms with Gasteiger partial charge in [-0.15, -0.1) is 11.3 Å². The molecule has 30 heavy (non-hydrogen) atoms. The molecule has 0 saturated heterocycles. The Kier molecular flexibility index (Phi) is 4.23. The van der Waals surface area contributed by atoms with Crippen LogP contribution in [0.3, 0.4) is 0 Å². The lowest BCUT2D eigenvalue weighted by Crippen LogP contribution is -1.95. The van der Waals surface area contributed by atoms with Crippen molar-refractivity contribution in [3.8, 4) is 17.5 Å². The van der Waals surface area contributed by atoms with Gasteiger partial charge in [0.1, 0.15) is 10.7 Å². The Balaban J connectivity index is 1.63. The fourth-order valence-electron chi connectivity index (χ4n) is 3.95. The van der Waals surface area contributed by atoms with Crippen LogP contribution in [-0.2, 0) is 7.05 Å². The summed E-state index contributed by atoms with van der Waals surface area (Å²) in [5.41, 5.74) is 5.43. The van der Waals surface area contributed by atoms with E-state index < -0.39 is 0 Å². The molecule has 5 heteroatoms. The quantitative estimate of drug-likeness (QED) is 0.308. The van der Waals surface area contributed by atoms with Gasteiger partial charge in [0.05, 0.1) is 11.6 Å². The topological polar surface area (TPSA) is 58.7 Å². The summed E-state index contributed by atoms with van der Waals surface area (Å²) in [6, 6.07) is 21.8. The van der Waals surface area contributed by atoms with Crippen LogP contribution in [0.5, 0.6) is 0 Å². The number of aryl methyl sites for hydroxylation is 1. The number of hydrogen-bond donors (Lipinski definition) is 0. The summed E-state index contributed by atoms with van der Waals surface area (Å²) < 4.78 is 2.08. The van der Waals surface area contributed by atoms with Crippen molar-refractivity contribution < 1.29 is 4.79 Å². The molecule has 2 aromatic carbocycles. The number of carbonyl (C=O) groups excluding carboxylic acids is 1. The summed E-state index contributed by atoms with van der Waals surface area (Å²) in [6.45, 7) is 1.76. The molecule has 4 aromatic rings. The van der Waals surface area contributed by atoms with Gasteiger partial charge in [-0.25, -0.2) is 4.98 Å². The first-order valence-corrected chi connectivity index (χ1v) is 10.4. The second kappa shape index (κ2) is 6.94. The van der Waals surface area contributed by atoms with Crippen LogP contribution >= 0.6 is 11.3 Å². The van der Waals surface area contributed by atoms with Crippen LogP contribution < -0.4 is 0 Å². The van der Waals surface area contributed by atoms with E-state index in [9.17, 15) is 10.1 Å². The molecule has 2 heterocycles. The molecular formula is C25H17N3OS. The van der Waals surface area contributed by atoms with Crippen molar-refractivity contribution in [1.82, 2.24) is 9.55 Å². The number of carbonyl (C=O) groups is 1. The van der Waals surface area contributed by atoms with Crippen molar-refractivity contribution in [1.29, 1.82) is 5.26 Å². The highest BCUT2D eigenvalue weighted by Gasteiger charge is 2.31. The Morgan fingerprint density at radius 2 is 1.80 bits per heavy atom. The first-order chi connectivity index (χ1) is 14.6. The van der Waals surface area contributed by atoms with E-state index in [2.05, 4.69) is 16.7 Å². The largest absolute Gasteiger partial charge is 0.326 e. The summed E-state index contributed by atoms with van der Waals surface area (Å²) in [7, 11) is 2.00. The number of fused-ring (bicyclic) bond motifs is 2. The molecule has 0 bridgehead atoms. The summed E-state index contributed by atoms with van der Waals surface area (Å²) in [5, 5.41) is 9.49. The molecule has 1 aliphatic rings. The predicted molar refractivity (Wildman–Crippen MR) is 121 cm³/mol. The molecule has 0 amide bonds. The first-order valence-electron chi connectivity index (χ1n) is 9.57. The number of hydrogen-bond acceptors (Lipinski definition) is 4. The van der Waals surface area contributed by atoms with Crippen molar-refractivity contribution in [2.24, 2.45) is 7.05 Å². The molecule has 1 aliphatic carbocycles. The van der Waals surface area contributed by atoms with Crippen LogP contribution in [-0.4, -0.2) is 15.3 Å². The number of ketones is 1. The molecule has 144 valence electrons. The van der Waals surface area contributed by atoms with E-state index in [1.807, 2.05) is 67.7 Å². The number of aromatic nitrogens is 2. The summed E-state index contributed by atoms with van der Waals surface area (Å²) in [5.74, 6) is 0.881. The van der Waals surface area contributed by atoms with E-state index >= 15 is 0 Å². The second-order valence-electron chi connectivity index (χ2n) is 7.24. The molecular weight excluding hydrogens is 390 g/mol. The van der Waals surface area contributed by atoms with Gasteiger partial charge < -0.3 is 4.57 Å². The average molecular weight is 407 g/mol. The van der Waals surface area contributed by atoms with E-state index in [4.69, 9.17) is 4.98 Å². The van der Waals surface area contributed by atoms with Crippen molar-refractivity contribution in [2.75, 3.05) is 0 Å². The minimum atomic E-state index is -0.0365. The third kappa shape index (κ3) is 2.73. The van der Waals surface area contributed by atoms with Crippen molar-refractivity contribution in [3.63, 3.8) is 0 Å². The fourth-order valence-corrected chi connectivity index (χ4v) is 4.96. The van der Waals surface area contributed by atoms with Crippen molar-refractivity contribution >= 4 is 39.1 Å². The normalized spacial score (nSPS) is 16.2. The molecule has 2 aromatic heterocycles. The number of imidazole rings is 1. The molecule has 0 fully saturated rings. The van der Waals surface area contributed by atoms with E-state index in [1.165, 1.54) is 0 Å². The summed E-state index contributed by atoms with van der Waals surface area (Å²) in [4.78, 5) is 19.7. The first kappa shape index (κ1) is 18.3. The van der Waals surface area contributed by atoms with Gasteiger partial charge in [0, 0.05) is 39.8 Å². The third-order valence-electron chi connectivity index (χ3n) is 5.42. The van der Waals surface area contributed by atoms with E-state index in [0.717, 1.165) is 37.7 Å². The molecule has 0 radical (unpaired) electrons. The Bertz CT molecular complexity index is 1430. The lowest BCUT2D eigenvalue weighted by Gasteiger charge is -2.03. The van der Waals surface area contributed by atoms with E-state index in [0.29, 0.717) is 16.7 Å². The van der Waals surface area contributed by atoms with Gasteiger partial charge in [0.25, 0.3) is 0 Å². The van der Waals surface area contributed by atoms with Crippen molar-refractivity contribution in [2.45, 2.75) is 6.92 Å². The van der Waals surface area contributed by atoms with Crippen LogP contribution in [0.25, 0.3) is 33.4 Å². The van der Waals surface area contributed by atoms with Crippen LogP contribution in [0.4, 0.5) is 0 Å². The Hall–Kier alpha value is -3.75. The van der Waals surface area contributed by atoms with Gasteiger partial charge >= 0.3 is 0 Å². The SMILES string of the molecule is C/C(C#N)=C1\C(=C\c2cc3c(nc(-c4ccccc4)n3C)s2)C(=O)c2ccccc21. The van der Waals surface area contributed by atoms with E-state index in [-0.39, 0.29) is 5.78 Å². The minimum absolute atomic E-state index is 0.0365. The summed E-state index contributed by atoms with van der Waals surface area (Å²) >= 11 is 1.55. The standard InChI is InChI=1S/C25H17N3OS/c1-15(14-26)22-18-10-6-7-11-19(18)23(29)20(22)12-17-13-21-25(30-17)27-24(28(21)2)16-8-4-3-5-9-16/h3-13H,1-2H3/b20-12-,22-15+. The molecule has 0 N–H and O–H groups in total. The average Bonchev–Trinajstić information content (AvgIpc) is 3.40. The maximum atomic E-state index is 13.1. The number of allylic oxidation sites excluding steroid dienone is 3. The smallest absolute Gasteiger partial charge is 0.194 e. The van der Waals surface area contributed by atoms with Gasteiger partial charge in [-0.3, -0.25) is 4.79 Å². The number of Topliss-reactive ketones (excluding diaryl/α,β-unsaturated/α-hetero) is 1.